The van der Waals surface area contributed by atoms with Gasteiger partial charge in [-0.05, 0) is 31.0 Å². The summed E-state index contributed by atoms with van der Waals surface area (Å²) in [5.74, 6) is -0.597. The summed E-state index contributed by atoms with van der Waals surface area (Å²) in [6, 6.07) is 4.57. The molecule has 2 N–H and O–H groups in total. The van der Waals surface area contributed by atoms with E-state index in [4.69, 9.17) is 21.1 Å². The van der Waals surface area contributed by atoms with Crippen LogP contribution in [0.15, 0.2) is 27.4 Å². The van der Waals surface area contributed by atoms with Crippen molar-refractivity contribution in [3.63, 3.8) is 0 Å². The third-order valence-electron chi connectivity index (χ3n) is 5.57. The molecule has 0 bridgehead atoms. The number of benzene rings is 1. The molecule has 0 aliphatic carbocycles. The normalized spacial score (nSPS) is 10.7. The van der Waals surface area contributed by atoms with Gasteiger partial charge in [0.05, 0.1) is 0 Å². The van der Waals surface area contributed by atoms with Gasteiger partial charge in [0.1, 0.15) is 16.4 Å². The standard InChI is InChI=1S/C16H32O2.C10H7ClO3/c1-2-3-4-5-6-7-8-9-10-11-12-13-14-15-16(17)18;1-5-7-3-2-6(12)4-8(7)14-10(13)9(5)11/h2-15H2,1H3,(H,17,18);2-4,12H,1H3. The maximum atomic E-state index is 11.2. The average molecular weight is 467 g/mol. The Kier molecular flexibility index (Phi) is 14.5. The lowest BCUT2D eigenvalue weighted by atomic mass is 10.0. The molecule has 0 fully saturated rings. The van der Waals surface area contributed by atoms with Crippen LogP contribution in [-0.4, -0.2) is 16.2 Å². The summed E-state index contributed by atoms with van der Waals surface area (Å²) >= 11 is 5.73. The molecule has 32 heavy (non-hydrogen) atoms. The minimum atomic E-state index is -0.655. The first-order chi connectivity index (χ1) is 15.4. The quantitative estimate of drug-likeness (QED) is 0.217. The number of carboxylic acids is 1. The predicted molar refractivity (Wildman–Crippen MR) is 132 cm³/mol. The summed E-state index contributed by atoms with van der Waals surface area (Å²) in [6.45, 7) is 4.00. The van der Waals surface area contributed by atoms with Crippen molar-refractivity contribution in [1.29, 1.82) is 0 Å². The van der Waals surface area contributed by atoms with Gasteiger partial charge in [-0.1, -0.05) is 95.6 Å². The lowest BCUT2D eigenvalue weighted by molar-refractivity contribution is -0.137. The highest BCUT2D eigenvalue weighted by atomic mass is 35.5. The summed E-state index contributed by atoms with van der Waals surface area (Å²) < 4.78 is 4.91. The lowest BCUT2D eigenvalue weighted by Gasteiger charge is -2.02. The van der Waals surface area contributed by atoms with Crippen LogP contribution in [0.5, 0.6) is 5.75 Å². The predicted octanol–water partition coefficient (Wildman–Crippen LogP) is 8.01. The molecule has 0 atom stereocenters. The molecule has 0 aliphatic heterocycles. The number of aromatic hydroxyl groups is 1. The number of aliphatic carboxylic acids is 1. The Morgan fingerprint density at radius 1 is 0.906 bits per heavy atom. The summed E-state index contributed by atoms with van der Waals surface area (Å²) in [5.41, 5.74) is 0.428. The SMILES string of the molecule is CCCCCCCCCCCCCCCC(=O)O.Cc1c(Cl)c(=O)oc2cc(O)ccc12. The molecular weight excluding hydrogens is 428 g/mol. The van der Waals surface area contributed by atoms with E-state index in [9.17, 15) is 14.7 Å². The van der Waals surface area contributed by atoms with Crippen LogP contribution in [0, 0.1) is 6.92 Å². The van der Waals surface area contributed by atoms with E-state index < -0.39 is 11.6 Å². The fourth-order valence-electron chi connectivity index (χ4n) is 3.62. The summed E-state index contributed by atoms with van der Waals surface area (Å²) in [4.78, 5) is 21.5. The van der Waals surface area contributed by atoms with E-state index in [1.165, 1.54) is 82.8 Å². The van der Waals surface area contributed by atoms with Crippen LogP contribution in [0.4, 0.5) is 0 Å². The van der Waals surface area contributed by atoms with Crippen molar-refractivity contribution < 1.29 is 19.4 Å². The molecule has 2 rings (SSSR count). The maximum Gasteiger partial charge on any atom is 0.355 e. The van der Waals surface area contributed by atoms with Crippen molar-refractivity contribution in [1.82, 2.24) is 0 Å². The van der Waals surface area contributed by atoms with Gasteiger partial charge in [0.2, 0.25) is 0 Å². The van der Waals surface area contributed by atoms with Crippen LogP contribution in [-0.2, 0) is 4.79 Å². The highest BCUT2D eigenvalue weighted by molar-refractivity contribution is 6.31. The molecule has 0 saturated heterocycles. The molecule has 0 unspecified atom stereocenters. The molecule has 1 aromatic carbocycles. The number of phenolic OH excluding ortho intramolecular Hbond substituents is 1. The van der Waals surface area contributed by atoms with Gasteiger partial charge in [0.15, 0.2) is 0 Å². The Hall–Kier alpha value is -2.01. The Balaban J connectivity index is 0.000000328. The van der Waals surface area contributed by atoms with Gasteiger partial charge >= 0.3 is 11.6 Å². The number of unbranched alkanes of at least 4 members (excludes halogenated alkanes) is 12. The van der Waals surface area contributed by atoms with Crippen LogP contribution in [0.2, 0.25) is 5.02 Å². The Morgan fingerprint density at radius 2 is 1.41 bits per heavy atom. The van der Waals surface area contributed by atoms with Gasteiger partial charge in [-0.2, -0.15) is 0 Å². The van der Waals surface area contributed by atoms with Crippen LogP contribution in [0.3, 0.4) is 0 Å². The smallest absolute Gasteiger partial charge is 0.355 e. The second kappa shape index (κ2) is 16.6. The van der Waals surface area contributed by atoms with Gasteiger partial charge in [0, 0.05) is 17.9 Å². The first-order valence-corrected chi connectivity index (χ1v) is 12.4. The second-order valence-corrected chi connectivity index (χ2v) is 8.77. The first-order valence-electron chi connectivity index (χ1n) is 12.0. The third kappa shape index (κ3) is 11.6. The van der Waals surface area contributed by atoms with Crippen molar-refractivity contribution in [3.8, 4) is 5.75 Å². The molecule has 0 saturated carbocycles. The maximum absolute atomic E-state index is 11.2. The number of rotatable bonds is 14. The second-order valence-electron chi connectivity index (χ2n) is 8.40. The van der Waals surface area contributed by atoms with Crippen LogP contribution in [0.1, 0.15) is 102 Å². The number of halogens is 1. The van der Waals surface area contributed by atoms with Gasteiger partial charge in [-0.25, -0.2) is 4.79 Å². The Labute approximate surface area is 196 Å². The van der Waals surface area contributed by atoms with Crippen LogP contribution < -0.4 is 5.63 Å². The van der Waals surface area contributed by atoms with E-state index in [0.717, 1.165) is 18.2 Å². The third-order valence-corrected chi connectivity index (χ3v) is 6.01. The van der Waals surface area contributed by atoms with E-state index in [1.807, 2.05) is 0 Å². The number of hydrogen-bond donors (Lipinski definition) is 2. The van der Waals surface area contributed by atoms with Crippen LogP contribution >= 0.6 is 11.6 Å². The monoisotopic (exact) mass is 466 g/mol. The molecule has 0 aliphatic rings. The van der Waals surface area contributed by atoms with Crippen molar-refractivity contribution in [3.05, 3.63) is 39.2 Å². The Morgan fingerprint density at radius 3 is 1.91 bits per heavy atom. The zero-order valence-electron chi connectivity index (χ0n) is 19.6. The molecular formula is C26H39ClO5. The fourth-order valence-corrected chi connectivity index (χ4v) is 3.76. The molecule has 5 nitrogen and oxygen atoms in total. The number of fused-ring (bicyclic) bond motifs is 1. The van der Waals surface area contributed by atoms with Crippen molar-refractivity contribution >= 4 is 28.5 Å². The molecule has 0 amide bonds. The van der Waals surface area contributed by atoms with Gasteiger partial charge in [-0.3, -0.25) is 4.79 Å². The highest BCUT2D eigenvalue weighted by Crippen LogP contribution is 2.25. The molecule has 180 valence electrons. The molecule has 2 aromatic rings. The van der Waals surface area contributed by atoms with Gasteiger partial charge in [-0.15, -0.1) is 0 Å². The largest absolute Gasteiger partial charge is 0.508 e. The summed E-state index contributed by atoms with van der Waals surface area (Å²) in [6.07, 6.45) is 17.3. The minimum absolute atomic E-state index is 0.0578. The van der Waals surface area contributed by atoms with E-state index in [-0.39, 0.29) is 10.8 Å². The van der Waals surface area contributed by atoms with Gasteiger partial charge < -0.3 is 14.6 Å². The number of phenols is 1. The van der Waals surface area contributed by atoms with Crippen molar-refractivity contribution in [2.45, 2.75) is 104 Å². The molecule has 1 heterocycles. The summed E-state index contributed by atoms with van der Waals surface area (Å²) in [7, 11) is 0. The van der Waals surface area contributed by atoms with Crippen molar-refractivity contribution in [2.75, 3.05) is 0 Å². The zero-order chi connectivity index (χ0) is 23.8. The molecule has 0 radical (unpaired) electrons. The van der Waals surface area contributed by atoms with E-state index in [2.05, 4.69) is 6.92 Å². The minimum Gasteiger partial charge on any atom is -0.508 e. The zero-order valence-corrected chi connectivity index (χ0v) is 20.4. The Bertz CT molecular complexity index is 859. The topological polar surface area (TPSA) is 87.7 Å². The van der Waals surface area contributed by atoms with E-state index in [1.54, 1.807) is 13.0 Å². The molecule has 6 heteroatoms. The van der Waals surface area contributed by atoms with E-state index in [0.29, 0.717) is 17.6 Å². The number of hydrogen-bond acceptors (Lipinski definition) is 4. The lowest BCUT2D eigenvalue weighted by Crippen LogP contribution is -2.01. The number of aryl methyl sites for hydroxylation is 1. The number of carbonyl (C=O) groups is 1. The van der Waals surface area contributed by atoms with Gasteiger partial charge in [0.25, 0.3) is 0 Å². The average Bonchev–Trinajstić information content (AvgIpc) is 2.75. The fraction of sp³-hybridized carbons (Fsp3) is 0.615. The summed E-state index contributed by atoms with van der Waals surface area (Å²) in [5, 5.41) is 18.5. The van der Waals surface area contributed by atoms with Crippen molar-refractivity contribution in [2.24, 2.45) is 0 Å². The number of carboxylic acid groups (broad SMARTS) is 1. The molecule has 0 spiro atoms. The molecule has 1 aromatic heterocycles. The van der Waals surface area contributed by atoms with Crippen LogP contribution in [0.25, 0.3) is 11.0 Å². The first kappa shape index (κ1) is 28.0. The van der Waals surface area contributed by atoms with E-state index >= 15 is 0 Å². The highest BCUT2D eigenvalue weighted by Gasteiger charge is 2.08.